The number of aryl methyl sites for hydroxylation is 1. The lowest BCUT2D eigenvalue weighted by atomic mass is 9.95. The zero-order chi connectivity index (χ0) is 18.9. The molecule has 0 amide bonds. The van der Waals surface area contributed by atoms with E-state index in [2.05, 4.69) is 51.9 Å². The third-order valence-corrected chi connectivity index (χ3v) is 6.05. The lowest BCUT2D eigenvalue weighted by Crippen LogP contribution is -2.34. The van der Waals surface area contributed by atoms with Crippen LogP contribution in [-0.2, 0) is 19.6 Å². The number of piperidine rings is 1. The van der Waals surface area contributed by atoms with Gasteiger partial charge in [0.2, 0.25) is 0 Å². The molecule has 148 valence electrons. The Morgan fingerprint density at radius 2 is 1.82 bits per heavy atom. The van der Waals surface area contributed by atoms with E-state index >= 15 is 0 Å². The first-order valence-corrected chi connectivity index (χ1v) is 10.4. The van der Waals surface area contributed by atoms with Crippen LogP contribution in [0.1, 0.15) is 62.0 Å². The Morgan fingerprint density at radius 3 is 2.54 bits per heavy atom. The van der Waals surface area contributed by atoms with Crippen molar-refractivity contribution in [2.24, 2.45) is 0 Å². The van der Waals surface area contributed by atoms with Gasteiger partial charge in [-0.1, -0.05) is 0 Å². The SMILES string of the molecule is CCn1ccnc1CN1CCC(c2nnc(Cn3ccnc3)n2C2CC2)CC1. The van der Waals surface area contributed by atoms with E-state index < -0.39 is 0 Å². The van der Waals surface area contributed by atoms with Crippen molar-refractivity contribution in [3.63, 3.8) is 0 Å². The highest BCUT2D eigenvalue weighted by atomic mass is 15.3. The van der Waals surface area contributed by atoms with Gasteiger partial charge in [0.1, 0.15) is 11.6 Å². The van der Waals surface area contributed by atoms with E-state index in [-0.39, 0.29) is 0 Å². The maximum Gasteiger partial charge on any atom is 0.153 e. The monoisotopic (exact) mass is 380 g/mol. The Morgan fingerprint density at radius 1 is 0.964 bits per heavy atom. The molecule has 0 aromatic carbocycles. The summed E-state index contributed by atoms with van der Waals surface area (Å²) in [5, 5.41) is 9.22. The molecular weight excluding hydrogens is 352 g/mol. The van der Waals surface area contributed by atoms with Gasteiger partial charge in [0.05, 0.1) is 19.4 Å². The topological polar surface area (TPSA) is 69.6 Å². The maximum atomic E-state index is 4.65. The number of hydrogen-bond acceptors (Lipinski definition) is 5. The molecule has 2 fully saturated rings. The van der Waals surface area contributed by atoms with Gasteiger partial charge in [-0.15, -0.1) is 10.2 Å². The third-order valence-electron chi connectivity index (χ3n) is 6.05. The number of nitrogens with zero attached hydrogens (tertiary/aromatic N) is 8. The lowest BCUT2D eigenvalue weighted by molar-refractivity contribution is 0.193. The normalized spacial score (nSPS) is 18.8. The van der Waals surface area contributed by atoms with Crippen molar-refractivity contribution >= 4 is 0 Å². The molecule has 0 unspecified atom stereocenters. The molecule has 0 bridgehead atoms. The van der Waals surface area contributed by atoms with Crippen LogP contribution in [0.5, 0.6) is 0 Å². The van der Waals surface area contributed by atoms with Crippen molar-refractivity contribution in [2.75, 3.05) is 13.1 Å². The minimum absolute atomic E-state index is 0.506. The van der Waals surface area contributed by atoms with Crippen LogP contribution in [0.3, 0.4) is 0 Å². The van der Waals surface area contributed by atoms with Crippen molar-refractivity contribution < 1.29 is 0 Å². The molecule has 0 atom stereocenters. The molecule has 0 radical (unpaired) electrons. The first kappa shape index (κ1) is 17.6. The molecular formula is C20H28N8. The first-order chi connectivity index (χ1) is 13.8. The predicted molar refractivity (Wildman–Crippen MR) is 105 cm³/mol. The Bertz CT molecular complexity index is 897. The van der Waals surface area contributed by atoms with Crippen LogP contribution < -0.4 is 0 Å². The number of aromatic nitrogens is 7. The van der Waals surface area contributed by atoms with Gasteiger partial charge in [0, 0.05) is 43.3 Å². The Kier molecular flexibility index (Phi) is 4.72. The lowest BCUT2D eigenvalue weighted by Gasteiger charge is -2.31. The van der Waals surface area contributed by atoms with Crippen LogP contribution in [0, 0.1) is 0 Å². The number of hydrogen-bond donors (Lipinski definition) is 0. The molecule has 1 saturated carbocycles. The van der Waals surface area contributed by atoms with E-state index in [1.807, 2.05) is 24.9 Å². The van der Waals surface area contributed by atoms with E-state index in [0.717, 1.165) is 51.4 Å². The van der Waals surface area contributed by atoms with E-state index in [4.69, 9.17) is 0 Å². The van der Waals surface area contributed by atoms with Crippen LogP contribution in [0.15, 0.2) is 31.1 Å². The van der Waals surface area contributed by atoms with Crippen LogP contribution >= 0.6 is 0 Å². The number of likely N-dealkylation sites (tertiary alicyclic amines) is 1. The zero-order valence-electron chi connectivity index (χ0n) is 16.5. The van der Waals surface area contributed by atoms with Crippen LogP contribution in [0.4, 0.5) is 0 Å². The molecule has 1 saturated heterocycles. The highest BCUT2D eigenvalue weighted by molar-refractivity contribution is 5.09. The van der Waals surface area contributed by atoms with Gasteiger partial charge in [-0.3, -0.25) is 4.90 Å². The summed E-state index contributed by atoms with van der Waals surface area (Å²) in [6.45, 7) is 7.03. The van der Waals surface area contributed by atoms with Gasteiger partial charge < -0.3 is 13.7 Å². The fourth-order valence-corrected chi connectivity index (χ4v) is 4.33. The molecule has 3 aromatic rings. The van der Waals surface area contributed by atoms with Gasteiger partial charge in [0.25, 0.3) is 0 Å². The maximum absolute atomic E-state index is 4.65. The molecule has 8 nitrogen and oxygen atoms in total. The second kappa shape index (κ2) is 7.50. The standard InChI is InChI=1S/C20H28N8/c1-2-27-12-8-22-18(27)13-25-9-5-16(6-10-25)20-24-23-19(28(20)17-3-4-17)14-26-11-7-21-15-26/h7-8,11-12,15-17H,2-6,9-10,13-14H2,1H3. The third kappa shape index (κ3) is 3.48. The first-order valence-electron chi connectivity index (χ1n) is 10.4. The van der Waals surface area contributed by atoms with Gasteiger partial charge in [-0.05, 0) is 45.7 Å². The molecule has 1 aliphatic carbocycles. The van der Waals surface area contributed by atoms with Crippen LogP contribution in [0.2, 0.25) is 0 Å². The molecule has 0 spiro atoms. The van der Waals surface area contributed by atoms with Gasteiger partial charge >= 0.3 is 0 Å². The summed E-state index contributed by atoms with van der Waals surface area (Å²) in [6.07, 6.45) is 14.4. The summed E-state index contributed by atoms with van der Waals surface area (Å²) in [4.78, 5) is 11.2. The average Bonchev–Trinajstić information content (AvgIpc) is 3.11. The smallest absolute Gasteiger partial charge is 0.153 e. The van der Waals surface area contributed by atoms with E-state index in [1.165, 1.54) is 24.5 Å². The summed E-state index contributed by atoms with van der Waals surface area (Å²) in [5.41, 5.74) is 0. The van der Waals surface area contributed by atoms with Crippen molar-refractivity contribution in [1.29, 1.82) is 0 Å². The average molecular weight is 381 g/mol. The summed E-state index contributed by atoms with van der Waals surface area (Å²) in [7, 11) is 0. The molecule has 2 aliphatic rings. The predicted octanol–water partition coefficient (Wildman–Crippen LogP) is 2.45. The van der Waals surface area contributed by atoms with Gasteiger partial charge in [0.15, 0.2) is 5.82 Å². The fourth-order valence-electron chi connectivity index (χ4n) is 4.33. The fraction of sp³-hybridized carbons (Fsp3) is 0.600. The molecule has 3 aromatic heterocycles. The zero-order valence-corrected chi connectivity index (χ0v) is 16.5. The minimum Gasteiger partial charge on any atom is -0.334 e. The van der Waals surface area contributed by atoms with Gasteiger partial charge in [-0.25, -0.2) is 9.97 Å². The Hall–Kier alpha value is -2.48. The van der Waals surface area contributed by atoms with Gasteiger partial charge in [-0.2, -0.15) is 0 Å². The van der Waals surface area contributed by atoms with Crippen molar-refractivity contribution in [2.45, 2.75) is 64.2 Å². The van der Waals surface area contributed by atoms with E-state index in [9.17, 15) is 0 Å². The molecule has 1 aliphatic heterocycles. The molecule has 4 heterocycles. The van der Waals surface area contributed by atoms with E-state index in [0.29, 0.717) is 12.0 Å². The van der Waals surface area contributed by atoms with Crippen LogP contribution in [-0.4, -0.2) is 51.9 Å². The highest BCUT2D eigenvalue weighted by Gasteiger charge is 2.33. The molecule has 5 rings (SSSR count). The van der Waals surface area contributed by atoms with Crippen molar-refractivity contribution in [1.82, 2.24) is 38.8 Å². The summed E-state index contributed by atoms with van der Waals surface area (Å²) >= 11 is 0. The van der Waals surface area contributed by atoms with Crippen molar-refractivity contribution in [3.05, 3.63) is 48.6 Å². The quantitative estimate of drug-likeness (QED) is 0.630. The Labute approximate surface area is 165 Å². The molecule has 8 heteroatoms. The number of rotatable bonds is 7. The summed E-state index contributed by atoms with van der Waals surface area (Å²) < 4.78 is 6.74. The molecule has 0 N–H and O–H groups in total. The highest BCUT2D eigenvalue weighted by Crippen LogP contribution is 2.40. The van der Waals surface area contributed by atoms with Crippen molar-refractivity contribution in [3.8, 4) is 0 Å². The van der Waals surface area contributed by atoms with E-state index in [1.54, 1.807) is 0 Å². The minimum atomic E-state index is 0.506. The molecule has 28 heavy (non-hydrogen) atoms. The second-order valence-electron chi connectivity index (χ2n) is 7.99. The second-order valence-corrected chi connectivity index (χ2v) is 7.99. The largest absolute Gasteiger partial charge is 0.334 e. The summed E-state index contributed by atoms with van der Waals surface area (Å²) in [6, 6.07) is 0.596. The number of imidazole rings is 2. The van der Waals surface area contributed by atoms with Crippen LogP contribution in [0.25, 0.3) is 0 Å². The summed E-state index contributed by atoms with van der Waals surface area (Å²) in [5.74, 6) is 3.95. The Balaban J connectivity index is 1.27.